The maximum absolute atomic E-state index is 12.9. The van der Waals surface area contributed by atoms with Gasteiger partial charge in [0, 0.05) is 10.1 Å². The number of hydrogen-bond acceptors (Lipinski definition) is 1. The molecule has 0 amide bonds. The molecule has 1 rings (SSSR count). The molecule has 0 fully saturated rings. The van der Waals surface area contributed by atoms with E-state index in [1.165, 1.54) is 12.1 Å². The Labute approximate surface area is 86.8 Å². The van der Waals surface area contributed by atoms with Crippen LogP contribution < -0.4 is 0 Å². The van der Waals surface area contributed by atoms with E-state index in [-0.39, 0.29) is 11.1 Å². The van der Waals surface area contributed by atoms with Crippen molar-refractivity contribution in [1.82, 2.24) is 0 Å². The molecule has 1 aromatic rings. The largest absolute Gasteiger partial charge is 0.254 e. The van der Waals surface area contributed by atoms with E-state index in [1.807, 2.05) is 13.8 Å². The molecule has 0 aliphatic heterocycles. The average Bonchev–Trinajstić information content (AvgIpc) is 2.19. The van der Waals surface area contributed by atoms with Crippen molar-refractivity contribution >= 4 is 10.8 Å². The second kappa shape index (κ2) is 5.25. The fourth-order valence-corrected chi connectivity index (χ4v) is 2.81. The van der Waals surface area contributed by atoms with Crippen LogP contribution in [-0.4, -0.2) is 9.46 Å². The van der Waals surface area contributed by atoms with Gasteiger partial charge < -0.3 is 0 Å². The van der Waals surface area contributed by atoms with Crippen molar-refractivity contribution in [2.24, 2.45) is 0 Å². The molecule has 14 heavy (non-hydrogen) atoms. The Kier molecular flexibility index (Phi) is 4.26. The first-order chi connectivity index (χ1) is 6.69. The van der Waals surface area contributed by atoms with Gasteiger partial charge in [0.2, 0.25) is 0 Å². The SMILES string of the molecule is CCC(CC)S(=O)c1cccc(F)c1. The second-order valence-electron chi connectivity index (χ2n) is 3.19. The Balaban J connectivity index is 2.88. The third kappa shape index (κ3) is 2.64. The fraction of sp³-hybridized carbons (Fsp3) is 0.455. The molecule has 0 saturated carbocycles. The number of halogens is 1. The van der Waals surface area contributed by atoms with Crippen molar-refractivity contribution in [2.75, 3.05) is 0 Å². The molecule has 0 saturated heterocycles. The van der Waals surface area contributed by atoms with Gasteiger partial charge in [-0.15, -0.1) is 0 Å². The molecule has 0 aliphatic rings. The highest BCUT2D eigenvalue weighted by Gasteiger charge is 2.14. The van der Waals surface area contributed by atoms with Gasteiger partial charge in [-0.3, -0.25) is 4.21 Å². The third-order valence-electron chi connectivity index (χ3n) is 2.24. The summed E-state index contributed by atoms with van der Waals surface area (Å²) in [6.45, 7) is 4.01. The molecule has 0 heterocycles. The summed E-state index contributed by atoms with van der Waals surface area (Å²) in [6.07, 6.45) is 1.72. The van der Waals surface area contributed by atoms with Gasteiger partial charge in [-0.25, -0.2) is 4.39 Å². The highest BCUT2D eigenvalue weighted by Crippen LogP contribution is 2.16. The van der Waals surface area contributed by atoms with E-state index in [4.69, 9.17) is 0 Å². The zero-order valence-electron chi connectivity index (χ0n) is 8.50. The lowest BCUT2D eigenvalue weighted by atomic mass is 10.3. The molecule has 0 aromatic heterocycles. The topological polar surface area (TPSA) is 17.1 Å². The van der Waals surface area contributed by atoms with Gasteiger partial charge in [-0.1, -0.05) is 19.9 Å². The number of benzene rings is 1. The maximum atomic E-state index is 12.9. The number of rotatable bonds is 4. The standard InChI is InChI=1S/C11H15FOS/c1-3-10(4-2)14(13)11-7-5-6-9(12)8-11/h5-8,10H,3-4H2,1-2H3. The van der Waals surface area contributed by atoms with E-state index in [2.05, 4.69) is 0 Å². The summed E-state index contributed by atoms with van der Waals surface area (Å²) < 4.78 is 24.8. The highest BCUT2D eigenvalue weighted by atomic mass is 32.2. The average molecular weight is 214 g/mol. The lowest BCUT2D eigenvalue weighted by molar-refractivity contribution is 0.621. The first-order valence-corrected chi connectivity index (χ1v) is 6.06. The Morgan fingerprint density at radius 2 is 2.00 bits per heavy atom. The fourth-order valence-electron chi connectivity index (χ4n) is 1.38. The van der Waals surface area contributed by atoms with Gasteiger partial charge in [0.15, 0.2) is 0 Å². The van der Waals surface area contributed by atoms with Crippen molar-refractivity contribution in [3.63, 3.8) is 0 Å². The predicted octanol–water partition coefficient (Wildman–Crippen LogP) is 3.12. The first kappa shape index (κ1) is 11.4. The molecule has 1 aromatic carbocycles. The van der Waals surface area contributed by atoms with Crippen LogP contribution in [0.5, 0.6) is 0 Å². The Morgan fingerprint density at radius 3 is 2.50 bits per heavy atom. The molecule has 0 N–H and O–H groups in total. The summed E-state index contributed by atoms with van der Waals surface area (Å²) in [5.41, 5.74) is 0. The molecule has 1 unspecified atom stereocenters. The smallest absolute Gasteiger partial charge is 0.124 e. The Hall–Kier alpha value is -0.700. The van der Waals surface area contributed by atoms with E-state index in [1.54, 1.807) is 12.1 Å². The molecular formula is C11H15FOS. The van der Waals surface area contributed by atoms with Crippen molar-refractivity contribution in [1.29, 1.82) is 0 Å². The second-order valence-corrected chi connectivity index (χ2v) is 4.93. The van der Waals surface area contributed by atoms with Gasteiger partial charge in [0.25, 0.3) is 0 Å². The summed E-state index contributed by atoms with van der Waals surface area (Å²) >= 11 is 0. The molecule has 78 valence electrons. The first-order valence-electron chi connectivity index (χ1n) is 4.85. The van der Waals surface area contributed by atoms with Crippen molar-refractivity contribution in [3.8, 4) is 0 Å². The van der Waals surface area contributed by atoms with Crippen molar-refractivity contribution < 1.29 is 8.60 Å². The van der Waals surface area contributed by atoms with Crippen molar-refractivity contribution in [2.45, 2.75) is 36.8 Å². The van der Waals surface area contributed by atoms with Crippen LogP contribution in [0.2, 0.25) is 0 Å². The summed E-state index contributed by atoms with van der Waals surface area (Å²) in [7, 11) is -1.07. The lowest BCUT2D eigenvalue weighted by Crippen LogP contribution is -2.12. The number of hydrogen-bond donors (Lipinski definition) is 0. The minimum Gasteiger partial charge on any atom is -0.254 e. The van der Waals surface area contributed by atoms with Gasteiger partial charge in [-0.2, -0.15) is 0 Å². The third-order valence-corrected chi connectivity index (χ3v) is 4.23. The van der Waals surface area contributed by atoms with E-state index in [0.29, 0.717) is 4.90 Å². The summed E-state index contributed by atoms with van der Waals surface area (Å²) in [6, 6.07) is 6.05. The molecule has 0 bridgehead atoms. The minimum absolute atomic E-state index is 0.136. The van der Waals surface area contributed by atoms with Crippen LogP contribution in [0.25, 0.3) is 0 Å². The van der Waals surface area contributed by atoms with E-state index >= 15 is 0 Å². The van der Waals surface area contributed by atoms with Crippen molar-refractivity contribution in [3.05, 3.63) is 30.1 Å². The highest BCUT2D eigenvalue weighted by molar-refractivity contribution is 7.85. The van der Waals surface area contributed by atoms with E-state index in [0.717, 1.165) is 12.8 Å². The summed E-state index contributed by atoms with van der Waals surface area (Å²) in [5.74, 6) is -0.318. The molecule has 0 spiro atoms. The van der Waals surface area contributed by atoms with Gasteiger partial charge in [0.05, 0.1) is 10.8 Å². The van der Waals surface area contributed by atoms with Crippen LogP contribution in [0.3, 0.4) is 0 Å². The van der Waals surface area contributed by atoms with Crippen LogP contribution in [0.1, 0.15) is 26.7 Å². The normalized spacial score (nSPS) is 13.1. The Bertz CT molecular complexity index is 321. The van der Waals surface area contributed by atoms with Gasteiger partial charge >= 0.3 is 0 Å². The molecule has 0 aliphatic carbocycles. The van der Waals surface area contributed by atoms with E-state index < -0.39 is 10.8 Å². The molecule has 1 nitrogen and oxygen atoms in total. The molecule has 3 heteroatoms. The molecule has 0 radical (unpaired) electrons. The lowest BCUT2D eigenvalue weighted by Gasteiger charge is -2.11. The predicted molar refractivity (Wildman–Crippen MR) is 57.2 cm³/mol. The van der Waals surface area contributed by atoms with Crippen LogP contribution in [0.15, 0.2) is 29.2 Å². The maximum Gasteiger partial charge on any atom is 0.124 e. The van der Waals surface area contributed by atoms with Crippen LogP contribution in [0.4, 0.5) is 4.39 Å². The van der Waals surface area contributed by atoms with Crippen LogP contribution in [0, 0.1) is 5.82 Å². The van der Waals surface area contributed by atoms with Crippen LogP contribution in [-0.2, 0) is 10.8 Å². The molecular weight excluding hydrogens is 199 g/mol. The Morgan fingerprint density at radius 1 is 1.36 bits per heavy atom. The zero-order valence-corrected chi connectivity index (χ0v) is 9.31. The quantitative estimate of drug-likeness (QED) is 0.752. The van der Waals surface area contributed by atoms with Gasteiger partial charge in [0.1, 0.15) is 5.82 Å². The summed E-state index contributed by atoms with van der Waals surface area (Å²) in [5, 5.41) is 0.136. The monoisotopic (exact) mass is 214 g/mol. The van der Waals surface area contributed by atoms with Gasteiger partial charge in [-0.05, 0) is 31.0 Å². The molecule has 1 atom stereocenters. The zero-order chi connectivity index (χ0) is 10.6. The van der Waals surface area contributed by atoms with E-state index in [9.17, 15) is 8.60 Å². The van der Waals surface area contributed by atoms with Crippen LogP contribution >= 0.6 is 0 Å². The minimum atomic E-state index is -1.07. The summed E-state index contributed by atoms with van der Waals surface area (Å²) in [4.78, 5) is 0.596.